The van der Waals surface area contributed by atoms with E-state index in [9.17, 15) is 9.59 Å². The topological polar surface area (TPSA) is 97.1 Å². The molecule has 3 rings (SSSR count). The highest BCUT2D eigenvalue weighted by molar-refractivity contribution is 5.84. The van der Waals surface area contributed by atoms with E-state index in [2.05, 4.69) is 34.7 Å². The lowest BCUT2D eigenvalue weighted by atomic mass is 9.92. The van der Waals surface area contributed by atoms with Crippen LogP contribution in [0.2, 0.25) is 0 Å². The van der Waals surface area contributed by atoms with Gasteiger partial charge in [-0.1, -0.05) is 29.5 Å². The number of nitrogens with one attached hydrogen (secondary N) is 1. The van der Waals surface area contributed by atoms with Gasteiger partial charge >= 0.3 is 5.97 Å². The summed E-state index contributed by atoms with van der Waals surface area (Å²) in [4.78, 5) is 22.8. The summed E-state index contributed by atoms with van der Waals surface area (Å²) in [5, 5.41) is 18.8. The zero-order valence-corrected chi connectivity index (χ0v) is 12.8. The highest BCUT2D eigenvalue weighted by Gasteiger charge is 2.45. The quantitative estimate of drug-likeness (QED) is 0.833. The molecule has 7 nitrogen and oxygen atoms in total. The molecule has 1 aromatic heterocycles. The number of benzene rings is 1. The van der Waals surface area contributed by atoms with E-state index >= 15 is 0 Å². The summed E-state index contributed by atoms with van der Waals surface area (Å²) in [5.74, 6) is -1.36. The maximum atomic E-state index is 12.0. The fraction of sp³-hybridized carbons (Fsp3) is 0.375. The fourth-order valence-corrected chi connectivity index (χ4v) is 2.80. The number of carbonyl (C=O) groups excluding carboxylic acids is 1. The number of nitrogens with zero attached hydrogens (tertiary/aromatic N) is 3. The van der Waals surface area contributed by atoms with Crippen LogP contribution in [0.5, 0.6) is 0 Å². The molecule has 0 saturated heterocycles. The van der Waals surface area contributed by atoms with Gasteiger partial charge in [0.2, 0.25) is 5.91 Å². The molecule has 1 aromatic carbocycles. The summed E-state index contributed by atoms with van der Waals surface area (Å²) < 4.78 is 1.23. The number of carboxylic acid groups (broad SMARTS) is 1. The summed E-state index contributed by atoms with van der Waals surface area (Å²) in [7, 11) is 0. The molecule has 23 heavy (non-hydrogen) atoms. The maximum Gasteiger partial charge on any atom is 0.358 e. The third-order valence-electron chi connectivity index (χ3n) is 4.26. The number of carboxylic acids is 1. The first-order valence-corrected chi connectivity index (χ1v) is 7.46. The second-order valence-corrected chi connectivity index (χ2v) is 5.98. The molecule has 1 saturated carbocycles. The zero-order valence-electron chi connectivity index (χ0n) is 12.8. The molecule has 0 spiro atoms. The number of carbonyl (C=O) groups is 2. The highest BCUT2D eigenvalue weighted by Crippen LogP contribution is 2.48. The molecule has 1 aliphatic carbocycles. The van der Waals surface area contributed by atoms with Crippen molar-refractivity contribution in [1.82, 2.24) is 20.3 Å². The molecule has 0 atom stereocenters. The Morgan fingerprint density at radius 1 is 1.35 bits per heavy atom. The summed E-state index contributed by atoms with van der Waals surface area (Å²) >= 11 is 0. The Morgan fingerprint density at radius 3 is 2.70 bits per heavy atom. The predicted octanol–water partition coefficient (Wildman–Crippen LogP) is 1.13. The van der Waals surface area contributed by atoms with Crippen molar-refractivity contribution in [2.75, 3.05) is 6.54 Å². The molecule has 0 bridgehead atoms. The largest absolute Gasteiger partial charge is 0.476 e. The molecule has 0 aliphatic heterocycles. The normalized spacial score (nSPS) is 15.2. The van der Waals surface area contributed by atoms with Crippen molar-refractivity contribution in [2.45, 2.75) is 31.7 Å². The lowest BCUT2D eigenvalue weighted by Gasteiger charge is -2.18. The Hall–Kier alpha value is -2.70. The van der Waals surface area contributed by atoms with Gasteiger partial charge < -0.3 is 10.4 Å². The SMILES string of the molecule is Cc1ccccc1C1(CNC(=O)Cn2cc(C(=O)O)nn2)CC1. The first kappa shape index (κ1) is 15.2. The number of rotatable bonds is 6. The molecule has 0 radical (unpaired) electrons. The summed E-state index contributed by atoms with van der Waals surface area (Å²) in [6.45, 7) is 2.63. The Morgan fingerprint density at radius 2 is 2.09 bits per heavy atom. The van der Waals surface area contributed by atoms with Gasteiger partial charge in [-0.15, -0.1) is 5.10 Å². The van der Waals surface area contributed by atoms with Crippen LogP contribution in [0.3, 0.4) is 0 Å². The van der Waals surface area contributed by atoms with E-state index in [-0.39, 0.29) is 23.6 Å². The monoisotopic (exact) mass is 314 g/mol. The first-order valence-electron chi connectivity index (χ1n) is 7.46. The molecular weight excluding hydrogens is 296 g/mol. The Bertz CT molecular complexity index is 749. The average Bonchev–Trinajstić information content (AvgIpc) is 3.16. The molecular formula is C16H18N4O3. The molecule has 2 N–H and O–H groups in total. The molecule has 1 fully saturated rings. The second kappa shape index (κ2) is 5.83. The van der Waals surface area contributed by atoms with Crippen molar-refractivity contribution in [3.05, 3.63) is 47.3 Å². The second-order valence-electron chi connectivity index (χ2n) is 5.98. The van der Waals surface area contributed by atoms with E-state index in [0.717, 1.165) is 12.8 Å². The van der Waals surface area contributed by atoms with Crippen molar-refractivity contribution in [3.63, 3.8) is 0 Å². The number of aryl methyl sites for hydroxylation is 1. The highest BCUT2D eigenvalue weighted by atomic mass is 16.4. The summed E-state index contributed by atoms with van der Waals surface area (Å²) in [5.41, 5.74) is 2.39. The Labute approximate surface area is 133 Å². The zero-order chi connectivity index (χ0) is 16.4. The number of hydrogen-bond acceptors (Lipinski definition) is 4. The minimum atomic E-state index is -1.16. The lowest BCUT2D eigenvalue weighted by molar-refractivity contribution is -0.122. The van der Waals surface area contributed by atoms with E-state index in [1.54, 1.807) is 0 Å². The molecule has 1 amide bonds. The van der Waals surface area contributed by atoms with E-state index in [1.165, 1.54) is 22.0 Å². The third-order valence-corrected chi connectivity index (χ3v) is 4.26. The van der Waals surface area contributed by atoms with Crippen LogP contribution in [0.15, 0.2) is 30.5 Å². The van der Waals surface area contributed by atoms with Crippen molar-refractivity contribution in [3.8, 4) is 0 Å². The van der Waals surface area contributed by atoms with Gasteiger partial charge in [-0.05, 0) is 30.9 Å². The fourth-order valence-electron chi connectivity index (χ4n) is 2.80. The van der Waals surface area contributed by atoms with Gasteiger partial charge in [-0.2, -0.15) is 0 Å². The van der Waals surface area contributed by atoms with E-state index in [4.69, 9.17) is 5.11 Å². The van der Waals surface area contributed by atoms with Crippen LogP contribution in [0, 0.1) is 6.92 Å². The van der Waals surface area contributed by atoms with E-state index in [0.29, 0.717) is 6.54 Å². The van der Waals surface area contributed by atoms with Gasteiger partial charge in [0.25, 0.3) is 0 Å². The standard InChI is InChI=1S/C16H18N4O3/c1-11-4-2-3-5-12(11)16(6-7-16)10-17-14(21)9-20-8-13(15(22)23)18-19-20/h2-5,8H,6-7,9-10H2,1H3,(H,17,21)(H,22,23). The van der Waals surface area contributed by atoms with Crippen LogP contribution in [0.1, 0.15) is 34.5 Å². The third kappa shape index (κ3) is 3.23. The van der Waals surface area contributed by atoms with E-state index in [1.807, 2.05) is 12.1 Å². The molecule has 2 aromatic rings. The smallest absolute Gasteiger partial charge is 0.358 e. The first-order chi connectivity index (χ1) is 11.0. The number of aromatic carboxylic acids is 1. The molecule has 0 unspecified atom stereocenters. The van der Waals surface area contributed by atoms with Crippen molar-refractivity contribution < 1.29 is 14.7 Å². The van der Waals surface area contributed by atoms with Gasteiger partial charge in [-0.25, -0.2) is 9.48 Å². The maximum absolute atomic E-state index is 12.0. The lowest BCUT2D eigenvalue weighted by Crippen LogP contribution is -2.35. The summed E-state index contributed by atoms with van der Waals surface area (Å²) in [6.07, 6.45) is 3.37. The Kier molecular flexibility index (Phi) is 3.85. The minimum Gasteiger partial charge on any atom is -0.476 e. The van der Waals surface area contributed by atoms with Crippen LogP contribution >= 0.6 is 0 Å². The number of hydrogen-bond donors (Lipinski definition) is 2. The predicted molar refractivity (Wildman–Crippen MR) is 82.1 cm³/mol. The minimum absolute atomic E-state index is 0.0373. The number of aromatic nitrogens is 3. The summed E-state index contributed by atoms with van der Waals surface area (Å²) in [6, 6.07) is 8.23. The van der Waals surface area contributed by atoms with Crippen molar-refractivity contribution in [2.24, 2.45) is 0 Å². The molecule has 120 valence electrons. The molecule has 1 heterocycles. The van der Waals surface area contributed by atoms with Crippen LogP contribution < -0.4 is 5.32 Å². The number of amides is 1. The Balaban J connectivity index is 1.59. The van der Waals surface area contributed by atoms with Gasteiger partial charge in [0, 0.05) is 12.0 Å². The molecule has 7 heteroatoms. The van der Waals surface area contributed by atoms with Crippen molar-refractivity contribution in [1.29, 1.82) is 0 Å². The van der Waals surface area contributed by atoms with Gasteiger partial charge in [-0.3, -0.25) is 4.79 Å². The van der Waals surface area contributed by atoms with Crippen molar-refractivity contribution >= 4 is 11.9 Å². The molecule has 1 aliphatic rings. The van der Waals surface area contributed by atoms with E-state index < -0.39 is 5.97 Å². The van der Waals surface area contributed by atoms with Gasteiger partial charge in [0.05, 0.1) is 6.20 Å². The van der Waals surface area contributed by atoms with Crippen LogP contribution in [0.4, 0.5) is 0 Å². The van der Waals surface area contributed by atoms with Crippen LogP contribution in [0.25, 0.3) is 0 Å². The van der Waals surface area contributed by atoms with Gasteiger partial charge in [0.15, 0.2) is 5.69 Å². The van der Waals surface area contributed by atoms with Crippen LogP contribution in [-0.4, -0.2) is 38.5 Å². The van der Waals surface area contributed by atoms with Crippen LogP contribution in [-0.2, 0) is 16.8 Å². The average molecular weight is 314 g/mol. The van der Waals surface area contributed by atoms with Gasteiger partial charge in [0.1, 0.15) is 6.54 Å².